The monoisotopic (exact) mass is 430 g/mol. The molecule has 0 amide bonds. The van der Waals surface area contributed by atoms with Crippen LogP contribution in [0.3, 0.4) is 0 Å². The maximum absolute atomic E-state index is 13.1. The van der Waals surface area contributed by atoms with Gasteiger partial charge in [0.15, 0.2) is 0 Å². The first kappa shape index (κ1) is 23.2. The molecule has 1 aliphatic rings. The van der Waals surface area contributed by atoms with Crippen molar-refractivity contribution < 1.29 is 23.8 Å². The van der Waals surface area contributed by atoms with Gasteiger partial charge in [0.2, 0.25) is 0 Å². The molecule has 0 radical (unpaired) electrons. The van der Waals surface area contributed by atoms with E-state index in [4.69, 9.17) is 9.47 Å². The highest BCUT2D eigenvalue weighted by Crippen LogP contribution is 2.15. The average molecular weight is 431 g/mol. The van der Waals surface area contributed by atoms with Crippen molar-refractivity contribution in [2.45, 2.75) is 26.0 Å². The summed E-state index contributed by atoms with van der Waals surface area (Å²) in [6.07, 6.45) is 0.381. The number of hydrogen-bond donors (Lipinski definition) is 1. The van der Waals surface area contributed by atoms with Gasteiger partial charge in [0, 0.05) is 26.2 Å². The molecule has 2 aromatic rings. The molecular weight excluding hydrogens is 399 g/mol. The van der Waals surface area contributed by atoms with Gasteiger partial charge in [-0.2, -0.15) is 0 Å². The molecule has 31 heavy (non-hydrogen) atoms. The van der Waals surface area contributed by atoms with Crippen molar-refractivity contribution in [2.75, 3.05) is 45.9 Å². The second kappa shape index (κ2) is 11.8. The van der Waals surface area contributed by atoms with Gasteiger partial charge in [0.1, 0.15) is 24.3 Å². The number of carbonyl (C=O) groups excluding carboxylic acids is 1. The number of rotatable bonds is 9. The van der Waals surface area contributed by atoms with E-state index in [0.717, 1.165) is 44.7 Å². The summed E-state index contributed by atoms with van der Waals surface area (Å²) in [6.45, 7) is 7.21. The standard InChI is InChI=1S/C24H31FN2O4/c1-2-30-24(29)20-5-3-6-23(15-20)31-18-22(28)17-27-12-4-11-26(13-14-27)16-19-7-9-21(25)10-8-19/h3,5-10,15,22,28H,2,4,11-14,16-18H2,1H3. The van der Waals surface area contributed by atoms with Gasteiger partial charge in [0.25, 0.3) is 0 Å². The summed E-state index contributed by atoms with van der Waals surface area (Å²) in [4.78, 5) is 16.4. The molecule has 1 fully saturated rings. The number of hydrogen-bond acceptors (Lipinski definition) is 6. The Balaban J connectivity index is 1.42. The molecule has 7 heteroatoms. The quantitative estimate of drug-likeness (QED) is 0.618. The molecular formula is C24H31FN2O4. The van der Waals surface area contributed by atoms with Crippen LogP contribution in [0, 0.1) is 5.82 Å². The third-order valence-corrected chi connectivity index (χ3v) is 5.26. The number of ether oxygens (including phenoxy) is 2. The third kappa shape index (κ3) is 7.61. The topological polar surface area (TPSA) is 62.2 Å². The van der Waals surface area contributed by atoms with Gasteiger partial charge in [-0.1, -0.05) is 18.2 Å². The summed E-state index contributed by atoms with van der Waals surface area (Å²) < 4.78 is 23.8. The summed E-state index contributed by atoms with van der Waals surface area (Å²) in [5.41, 5.74) is 1.54. The lowest BCUT2D eigenvalue weighted by atomic mass is 10.2. The van der Waals surface area contributed by atoms with E-state index in [1.54, 1.807) is 31.2 Å². The fourth-order valence-electron chi connectivity index (χ4n) is 3.68. The minimum Gasteiger partial charge on any atom is -0.491 e. The first-order valence-electron chi connectivity index (χ1n) is 10.8. The number of aliphatic hydroxyl groups excluding tert-OH is 1. The van der Waals surface area contributed by atoms with E-state index in [-0.39, 0.29) is 18.4 Å². The number of esters is 1. The Morgan fingerprint density at radius 3 is 2.61 bits per heavy atom. The van der Waals surface area contributed by atoms with Gasteiger partial charge >= 0.3 is 5.97 Å². The maximum Gasteiger partial charge on any atom is 0.338 e. The van der Waals surface area contributed by atoms with Gasteiger partial charge in [-0.05, 0) is 62.3 Å². The molecule has 1 heterocycles. The van der Waals surface area contributed by atoms with E-state index in [0.29, 0.717) is 24.5 Å². The molecule has 6 nitrogen and oxygen atoms in total. The zero-order chi connectivity index (χ0) is 22.1. The minimum absolute atomic E-state index is 0.155. The number of carbonyl (C=O) groups is 1. The van der Waals surface area contributed by atoms with Gasteiger partial charge in [-0.3, -0.25) is 9.80 Å². The molecule has 0 saturated carbocycles. The fraction of sp³-hybridized carbons (Fsp3) is 0.458. The molecule has 1 aliphatic heterocycles. The van der Waals surface area contributed by atoms with Crippen LogP contribution in [0.1, 0.15) is 29.3 Å². The molecule has 0 bridgehead atoms. The second-order valence-electron chi connectivity index (χ2n) is 7.77. The lowest BCUT2D eigenvalue weighted by Gasteiger charge is -2.24. The van der Waals surface area contributed by atoms with E-state index < -0.39 is 6.10 Å². The van der Waals surface area contributed by atoms with Crippen molar-refractivity contribution in [3.05, 3.63) is 65.5 Å². The lowest BCUT2D eigenvalue weighted by Crippen LogP contribution is -2.38. The predicted octanol–water partition coefficient (Wildman–Crippen LogP) is 2.95. The van der Waals surface area contributed by atoms with Crippen LogP contribution >= 0.6 is 0 Å². The van der Waals surface area contributed by atoms with Crippen molar-refractivity contribution in [1.82, 2.24) is 9.80 Å². The number of β-amino-alcohol motifs (C(OH)–C–C–N with tert-alkyl or cyclic N) is 1. The van der Waals surface area contributed by atoms with Gasteiger partial charge in [-0.15, -0.1) is 0 Å². The highest BCUT2D eigenvalue weighted by Gasteiger charge is 2.18. The SMILES string of the molecule is CCOC(=O)c1cccc(OCC(O)CN2CCCN(Cc3ccc(F)cc3)CC2)c1. The number of benzene rings is 2. The summed E-state index contributed by atoms with van der Waals surface area (Å²) >= 11 is 0. The largest absolute Gasteiger partial charge is 0.491 e. The zero-order valence-electron chi connectivity index (χ0n) is 18.0. The van der Waals surface area contributed by atoms with Crippen LogP contribution in [0.5, 0.6) is 5.75 Å². The van der Waals surface area contributed by atoms with E-state index >= 15 is 0 Å². The summed E-state index contributed by atoms with van der Waals surface area (Å²) in [5, 5.41) is 10.4. The Morgan fingerprint density at radius 1 is 1.10 bits per heavy atom. The van der Waals surface area contributed by atoms with E-state index in [1.165, 1.54) is 12.1 Å². The smallest absolute Gasteiger partial charge is 0.338 e. The minimum atomic E-state index is -0.630. The van der Waals surface area contributed by atoms with Crippen LogP contribution in [0.4, 0.5) is 4.39 Å². The highest BCUT2D eigenvalue weighted by atomic mass is 19.1. The lowest BCUT2D eigenvalue weighted by molar-refractivity contribution is 0.0525. The van der Waals surface area contributed by atoms with Crippen LogP contribution in [0.2, 0.25) is 0 Å². The molecule has 0 aliphatic carbocycles. The summed E-state index contributed by atoms with van der Waals surface area (Å²) in [6, 6.07) is 13.5. The Kier molecular flexibility index (Phi) is 8.82. The second-order valence-corrected chi connectivity index (χ2v) is 7.77. The third-order valence-electron chi connectivity index (χ3n) is 5.26. The van der Waals surface area contributed by atoms with Crippen molar-refractivity contribution in [1.29, 1.82) is 0 Å². The molecule has 0 spiro atoms. The molecule has 1 N–H and O–H groups in total. The van der Waals surface area contributed by atoms with Crippen molar-refractivity contribution >= 4 is 5.97 Å². The van der Waals surface area contributed by atoms with Crippen molar-refractivity contribution in [3.63, 3.8) is 0 Å². The van der Waals surface area contributed by atoms with Crippen LogP contribution in [-0.4, -0.2) is 72.9 Å². The average Bonchev–Trinajstić information content (AvgIpc) is 2.99. The fourth-order valence-corrected chi connectivity index (χ4v) is 3.68. The molecule has 1 atom stereocenters. The van der Waals surface area contributed by atoms with Crippen LogP contribution < -0.4 is 4.74 Å². The maximum atomic E-state index is 13.1. The molecule has 1 saturated heterocycles. The molecule has 1 unspecified atom stereocenters. The molecule has 0 aromatic heterocycles. The Bertz CT molecular complexity index is 831. The van der Waals surface area contributed by atoms with Crippen LogP contribution in [0.25, 0.3) is 0 Å². The molecule has 2 aromatic carbocycles. The van der Waals surface area contributed by atoms with Gasteiger partial charge < -0.3 is 14.6 Å². The summed E-state index contributed by atoms with van der Waals surface area (Å²) in [7, 11) is 0. The number of nitrogens with zero attached hydrogens (tertiary/aromatic N) is 2. The Morgan fingerprint density at radius 2 is 1.84 bits per heavy atom. The highest BCUT2D eigenvalue weighted by molar-refractivity contribution is 5.89. The van der Waals surface area contributed by atoms with Crippen LogP contribution in [-0.2, 0) is 11.3 Å². The first-order valence-corrected chi connectivity index (χ1v) is 10.8. The number of aliphatic hydroxyl groups is 1. The van der Waals surface area contributed by atoms with Crippen molar-refractivity contribution in [2.24, 2.45) is 0 Å². The van der Waals surface area contributed by atoms with Crippen molar-refractivity contribution in [3.8, 4) is 5.75 Å². The Hall–Kier alpha value is -2.48. The summed E-state index contributed by atoms with van der Waals surface area (Å²) in [5.74, 6) is -0.0659. The Labute approximate surface area is 183 Å². The van der Waals surface area contributed by atoms with E-state index in [9.17, 15) is 14.3 Å². The number of halogens is 1. The molecule has 3 rings (SSSR count). The molecule has 168 valence electrons. The van der Waals surface area contributed by atoms with Gasteiger partial charge in [-0.25, -0.2) is 9.18 Å². The van der Waals surface area contributed by atoms with E-state index in [1.807, 2.05) is 12.1 Å². The van der Waals surface area contributed by atoms with Gasteiger partial charge in [0.05, 0.1) is 12.2 Å². The predicted molar refractivity (Wildman–Crippen MR) is 117 cm³/mol. The van der Waals surface area contributed by atoms with Crippen LogP contribution in [0.15, 0.2) is 48.5 Å². The normalized spacial score (nSPS) is 16.5. The first-order chi connectivity index (χ1) is 15.0. The zero-order valence-corrected chi connectivity index (χ0v) is 18.0. The van der Waals surface area contributed by atoms with E-state index in [2.05, 4.69) is 9.80 Å².